The Bertz CT molecular complexity index is 7000. The van der Waals surface area contributed by atoms with E-state index in [0.29, 0.717) is 33.5 Å². The summed E-state index contributed by atoms with van der Waals surface area (Å²) in [5, 5.41) is 7.03. The Morgan fingerprint density at radius 2 is 0.467 bits per heavy atom. The molecule has 0 unspecified atom stereocenters. The van der Waals surface area contributed by atoms with Gasteiger partial charge in [0.15, 0.2) is 0 Å². The van der Waals surface area contributed by atoms with Gasteiger partial charge in [0.1, 0.15) is 0 Å². The zero-order chi connectivity index (χ0) is 79.7. The van der Waals surface area contributed by atoms with Crippen LogP contribution in [0.1, 0.15) is 101 Å². The second-order valence-electron chi connectivity index (χ2n) is 30.9. The van der Waals surface area contributed by atoms with Crippen molar-refractivity contribution in [1.82, 2.24) is 39.9 Å². The molecule has 2 aliphatic carbocycles. The quantitative estimate of drug-likeness (QED) is 0.0710. The Kier molecular flexibility index (Phi) is 17.5. The molecular weight excluding hydrogens is 1470 g/mol. The third kappa shape index (κ3) is 12.7. The van der Waals surface area contributed by atoms with E-state index in [1.807, 2.05) is 109 Å². The number of benzene rings is 10. The van der Waals surface area contributed by atoms with Crippen molar-refractivity contribution in [1.29, 1.82) is 0 Å². The Labute approximate surface area is 691 Å². The molecule has 12 nitrogen and oxygen atoms in total. The van der Waals surface area contributed by atoms with Crippen LogP contribution in [0.4, 0.5) is 11.4 Å². The fraction of sp³-hybridized carbons (Fsp3) is 0.0370. The first kappa shape index (κ1) is 70.7. The summed E-state index contributed by atoms with van der Waals surface area (Å²) in [4.78, 5) is 69.5. The third-order valence-corrected chi connectivity index (χ3v) is 23.8. The van der Waals surface area contributed by atoms with E-state index in [1.54, 1.807) is 0 Å². The molecule has 2 amide bonds. The number of aryl methyl sites for hydroxylation is 2. The van der Waals surface area contributed by atoms with E-state index in [2.05, 4.69) is 285 Å². The Morgan fingerprint density at radius 1 is 0.233 bits per heavy atom. The molecule has 0 saturated heterocycles. The number of fused-ring (bicyclic) bond motifs is 18. The second-order valence-corrected chi connectivity index (χ2v) is 30.9. The third-order valence-electron chi connectivity index (χ3n) is 23.8. The SMILES string of the molecule is O=C(Nc1cc2[nH]c1c(-c1ccccc1)c1nc(c(-c3ccccc3)c3ccc([nH]3)c(-c3ccccc3)c3nc(c2-c2ccccc2)C=C3)C=C1)c1ccc2c(c1)/C(=C1\CCc3ccc(C(=O)Nc4cc5[nH]c4c(-c4ccccc4)c4nc(c(-c6ccccc6)c6ccc([nH]6)c(-c6ccccc6)c6nc(c5-c5ccccc5)C=C6)C=C4)cc31)CC2. The lowest BCUT2D eigenvalue weighted by Crippen LogP contribution is -2.12. The van der Waals surface area contributed by atoms with E-state index in [0.717, 1.165) is 204 Å². The normalized spacial score (nSPS) is 13.5. The van der Waals surface area contributed by atoms with Crippen LogP contribution in [0.3, 0.4) is 0 Å². The van der Waals surface area contributed by atoms with E-state index in [4.69, 9.17) is 19.9 Å². The number of carbonyl (C=O) groups excluding carboxylic acids is 2. The fourth-order valence-corrected chi connectivity index (χ4v) is 18.3. The topological polar surface area (TPSA) is 173 Å². The first-order valence-corrected chi connectivity index (χ1v) is 40.7. The molecule has 16 aromatic rings. The number of nitrogens with one attached hydrogen (secondary N) is 6. The summed E-state index contributed by atoms with van der Waals surface area (Å²) in [7, 11) is 0. The van der Waals surface area contributed by atoms with Gasteiger partial charge in [0.05, 0.1) is 79.0 Å². The van der Waals surface area contributed by atoms with Crippen LogP contribution in [0.15, 0.2) is 315 Å². The van der Waals surface area contributed by atoms with Crippen molar-refractivity contribution in [3.05, 3.63) is 394 Å². The van der Waals surface area contributed by atoms with Gasteiger partial charge < -0.3 is 30.6 Å². The molecule has 6 aliphatic rings. The van der Waals surface area contributed by atoms with Gasteiger partial charge in [-0.05, 0) is 213 Å². The molecule has 6 aromatic heterocycles. The van der Waals surface area contributed by atoms with Crippen LogP contribution >= 0.6 is 0 Å². The number of amides is 2. The van der Waals surface area contributed by atoms with Crippen LogP contribution in [0, 0.1) is 0 Å². The molecule has 0 fully saturated rings. The van der Waals surface area contributed by atoms with Gasteiger partial charge in [0.25, 0.3) is 11.8 Å². The number of H-pyrrole nitrogens is 4. The molecule has 0 saturated carbocycles. The molecule has 568 valence electrons. The molecule has 4 aliphatic heterocycles. The number of rotatable bonds is 12. The number of allylic oxidation sites excluding steroid dienone is 2. The maximum atomic E-state index is 15.8. The lowest BCUT2D eigenvalue weighted by atomic mass is 9.94. The van der Waals surface area contributed by atoms with Crippen LogP contribution in [-0.2, 0) is 12.8 Å². The van der Waals surface area contributed by atoms with Crippen molar-refractivity contribution in [3.8, 4) is 89.0 Å². The highest BCUT2D eigenvalue weighted by molar-refractivity contribution is 6.15. The van der Waals surface area contributed by atoms with Crippen LogP contribution < -0.4 is 10.6 Å². The number of anilines is 2. The Morgan fingerprint density at radius 3 is 0.725 bits per heavy atom. The van der Waals surface area contributed by atoms with Gasteiger partial charge in [-0.2, -0.15) is 0 Å². The van der Waals surface area contributed by atoms with E-state index in [1.165, 1.54) is 22.3 Å². The molecule has 10 aromatic carbocycles. The first-order chi connectivity index (χ1) is 59.3. The Hall–Kier alpha value is -15.9. The van der Waals surface area contributed by atoms with Gasteiger partial charge in [-0.15, -0.1) is 0 Å². The number of nitrogens with zero attached hydrogens (tertiary/aromatic N) is 4. The van der Waals surface area contributed by atoms with E-state index < -0.39 is 0 Å². The molecule has 120 heavy (non-hydrogen) atoms. The number of hydrogen-bond acceptors (Lipinski definition) is 6. The van der Waals surface area contributed by atoms with Crippen LogP contribution in [0.25, 0.3) is 193 Å². The van der Waals surface area contributed by atoms with Crippen molar-refractivity contribution in [2.45, 2.75) is 25.7 Å². The number of aromatic nitrogens is 8. The van der Waals surface area contributed by atoms with Crippen LogP contribution in [0.5, 0.6) is 0 Å². The standard InChI is InChI=1S/C108H74N10O2/c119-107(117-95-63-93-101(71-33-17-5-18-34-71)89-55-53-85(111-89)97(67-25-9-1-10-26-67)81-49-51-83(109-81)99(69-29-13-3-14-30-69)87-57-59-91(113-87)103(105(95)115-93)73-37-21-7-22-38-73)75-43-41-65-45-47-77(79(65)61-75)78-48-46-66-42-44-76(62-80(66)78)108(120)118-96-64-94-102(72-35-19-6-20-36-72)90-56-54-86(112-90)98(68-27-11-2-12-28-68)82-50-52-84(110-82)100(70-31-15-4-16-32-70)88-58-60-92(114-88)104(106(96)116-94)74-39-23-8-24-40-74/h1-44,49-64,109-110,115-116H,45-48H2,(H,117,119)(H,118,120)/b78-77+,97-81?,97-85?,98-82?,98-86?,99-83?,99-87?,100-84?,100-88?,101-89?,101-93?,102-90?,102-94?,103-91?,104-92?,105-103?,106-104?. The molecular formula is C108H74N10O2. The monoisotopic (exact) mass is 1540 g/mol. The summed E-state index contributed by atoms with van der Waals surface area (Å²) in [5.41, 5.74) is 36.5. The molecule has 22 rings (SSSR count). The van der Waals surface area contributed by atoms with Gasteiger partial charge in [-0.1, -0.05) is 255 Å². The average Bonchev–Trinajstić information content (AvgIpc) is 1.61. The fourth-order valence-electron chi connectivity index (χ4n) is 18.3. The molecule has 0 atom stereocenters. The van der Waals surface area contributed by atoms with Crippen molar-refractivity contribution in [3.63, 3.8) is 0 Å². The Balaban J connectivity index is 0.676. The predicted octanol–water partition coefficient (Wildman–Crippen LogP) is 26.3. The van der Waals surface area contributed by atoms with Crippen molar-refractivity contribution < 1.29 is 9.59 Å². The van der Waals surface area contributed by atoms with Crippen LogP contribution in [-0.4, -0.2) is 51.7 Å². The largest absolute Gasteiger partial charge is 0.354 e. The molecule has 0 spiro atoms. The lowest BCUT2D eigenvalue weighted by molar-refractivity contribution is 0.101. The summed E-state index contributed by atoms with van der Waals surface area (Å²) < 4.78 is 0. The summed E-state index contributed by atoms with van der Waals surface area (Å²) in [6, 6.07) is 108. The average molecular weight is 1540 g/mol. The summed E-state index contributed by atoms with van der Waals surface area (Å²) in [6.07, 6.45) is 19.9. The molecule has 6 N–H and O–H groups in total. The highest BCUT2D eigenvalue weighted by atomic mass is 16.2. The summed E-state index contributed by atoms with van der Waals surface area (Å²) >= 11 is 0. The second kappa shape index (κ2) is 29.7. The number of hydrogen-bond donors (Lipinski definition) is 6. The smallest absolute Gasteiger partial charge is 0.255 e. The lowest BCUT2D eigenvalue weighted by Gasteiger charge is -2.12. The van der Waals surface area contributed by atoms with Gasteiger partial charge in [0, 0.05) is 77.7 Å². The van der Waals surface area contributed by atoms with Crippen molar-refractivity contribution >= 4 is 127 Å². The minimum atomic E-state index is -0.269. The zero-order valence-electron chi connectivity index (χ0n) is 65.1. The van der Waals surface area contributed by atoms with E-state index in [-0.39, 0.29) is 11.8 Å². The molecule has 12 heteroatoms. The zero-order valence-corrected chi connectivity index (χ0v) is 65.1. The number of carbonyl (C=O) groups is 2. The highest BCUT2D eigenvalue weighted by Gasteiger charge is 2.30. The van der Waals surface area contributed by atoms with E-state index >= 15 is 9.59 Å². The summed E-state index contributed by atoms with van der Waals surface area (Å²) in [5.74, 6) is -0.538. The van der Waals surface area contributed by atoms with Crippen molar-refractivity contribution in [2.75, 3.05) is 10.6 Å². The summed E-state index contributed by atoms with van der Waals surface area (Å²) in [6.45, 7) is 0. The van der Waals surface area contributed by atoms with Gasteiger partial charge in [-0.25, -0.2) is 19.9 Å². The van der Waals surface area contributed by atoms with Crippen molar-refractivity contribution in [2.24, 2.45) is 0 Å². The maximum Gasteiger partial charge on any atom is 0.255 e. The molecule has 0 radical (unpaired) electrons. The van der Waals surface area contributed by atoms with Gasteiger partial charge >= 0.3 is 0 Å². The first-order valence-electron chi connectivity index (χ1n) is 40.7. The number of aromatic amines is 4. The maximum absolute atomic E-state index is 15.8. The van der Waals surface area contributed by atoms with Gasteiger partial charge in [-0.3, -0.25) is 9.59 Å². The minimum Gasteiger partial charge on any atom is -0.354 e. The molecule has 10 heterocycles. The highest BCUT2D eigenvalue weighted by Crippen LogP contribution is 2.48. The minimum absolute atomic E-state index is 0.269. The predicted molar refractivity (Wildman–Crippen MR) is 493 cm³/mol. The van der Waals surface area contributed by atoms with E-state index in [9.17, 15) is 0 Å². The van der Waals surface area contributed by atoms with Crippen LogP contribution in [0.2, 0.25) is 0 Å². The van der Waals surface area contributed by atoms with Gasteiger partial charge in [0.2, 0.25) is 0 Å². The molecule has 16 bridgehead atoms.